The molecule has 10 nitrogen and oxygen atoms in total. The third-order valence-electron chi connectivity index (χ3n) is 5.48. The van der Waals surface area contributed by atoms with Crippen molar-refractivity contribution in [3.05, 3.63) is 40.2 Å². The van der Waals surface area contributed by atoms with Crippen molar-refractivity contribution in [2.24, 2.45) is 5.73 Å². The monoisotopic (exact) mass is 489 g/mol. The molecule has 0 unspecified atom stereocenters. The number of ether oxygens (including phenoxy) is 3. The maximum absolute atomic E-state index is 15.2. The second-order valence-corrected chi connectivity index (χ2v) is 15.1. The van der Waals surface area contributed by atoms with Crippen molar-refractivity contribution >= 4 is 25.1 Å². The first-order valence-corrected chi connectivity index (χ1v) is 14.8. The average molecular weight is 490 g/mol. The Labute approximate surface area is 196 Å². The van der Waals surface area contributed by atoms with E-state index in [2.05, 4.69) is 29.6 Å². The number of carbonyl (C=O) groups excluding carboxylic acids is 1. The zero-order valence-corrected chi connectivity index (χ0v) is 20.6. The number of aromatic nitrogens is 4. The number of primary amides is 1. The van der Waals surface area contributed by atoms with E-state index in [1.807, 2.05) is 0 Å². The normalized spacial score (nSPS) is 16.0. The molecule has 0 fully saturated rings. The molecule has 1 aliphatic heterocycles. The summed E-state index contributed by atoms with van der Waals surface area (Å²) in [6.45, 7) is 9.13. The Morgan fingerprint density at radius 3 is 2.85 bits per heavy atom. The topological polar surface area (TPSA) is 123 Å². The van der Waals surface area contributed by atoms with Gasteiger partial charge in [0.15, 0.2) is 17.3 Å². The fraction of sp³-hybridized carbons (Fsp3) is 0.455. The van der Waals surface area contributed by atoms with Crippen LogP contribution in [0.2, 0.25) is 25.7 Å². The van der Waals surface area contributed by atoms with Crippen LogP contribution in [0.15, 0.2) is 23.1 Å². The number of hydrogen-bond donors (Lipinski definition) is 1. The molecule has 0 spiro atoms. The molecule has 12 heteroatoms. The summed E-state index contributed by atoms with van der Waals surface area (Å²) in [5.41, 5.74) is 5.11. The second kappa shape index (κ2) is 9.18. The molecule has 182 valence electrons. The van der Waals surface area contributed by atoms with Gasteiger partial charge in [-0.2, -0.15) is 4.98 Å². The highest BCUT2D eigenvalue weighted by molar-refractivity contribution is 6.76. The van der Waals surface area contributed by atoms with Gasteiger partial charge in [-0.1, -0.05) is 19.6 Å². The predicted molar refractivity (Wildman–Crippen MR) is 126 cm³/mol. The fourth-order valence-corrected chi connectivity index (χ4v) is 4.33. The molecule has 0 aromatic carbocycles. The van der Waals surface area contributed by atoms with Crippen LogP contribution in [0.4, 0.5) is 4.39 Å². The Kier molecular flexibility index (Phi) is 6.45. The number of halogens is 1. The first kappa shape index (κ1) is 23.9. The number of pyridine rings is 2. The number of nitrogens with zero attached hydrogens (tertiary/aromatic N) is 4. The maximum Gasteiger partial charge on any atom is 0.338 e. The lowest BCUT2D eigenvalue weighted by Crippen LogP contribution is -2.27. The molecule has 0 saturated heterocycles. The number of carbonyl (C=O) groups is 1. The number of fused-ring (bicyclic) bond motifs is 3. The molecule has 3 aromatic rings. The summed E-state index contributed by atoms with van der Waals surface area (Å²) >= 11 is 0. The van der Waals surface area contributed by atoms with Crippen LogP contribution in [-0.2, 0) is 11.5 Å². The Morgan fingerprint density at radius 2 is 2.15 bits per heavy atom. The van der Waals surface area contributed by atoms with Crippen molar-refractivity contribution in [1.82, 2.24) is 19.1 Å². The molecule has 1 aliphatic rings. The van der Waals surface area contributed by atoms with E-state index < -0.39 is 31.6 Å². The van der Waals surface area contributed by atoms with Gasteiger partial charge in [0.2, 0.25) is 5.88 Å². The Bertz CT molecular complexity index is 1300. The van der Waals surface area contributed by atoms with Gasteiger partial charge in [-0.25, -0.2) is 18.7 Å². The summed E-state index contributed by atoms with van der Waals surface area (Å²) < 4.78 is 35.1. The lowest BCUT2D eigenvalue weighted by molar-refractivity contribution is 0.0871. The van der Waals surface area contributed by atoms with Gasteiger partial charge in [-0.15, -0.1) is 0 Å². The van der Waals surface area contributed by atoms with Crippen LogP contribution < -0.4 is 20.9 Å². The molecule has 2 N–H and O–H groups in total. The highest BCUT2D eigenvalue weighted by Gasteiger charge is 2.27. The Balaban J connectivity index is 1.90. The minimum absolute atomic E-state index is 0.0648. The number of amides is 1. The van der Waals surface area contributed by atoms with Crippen molar-refractivity contribution in [2.45, 2.75) is 51.9 Å². The van der Waals surface area contributed by atoms with Crippen LogP contribution >= 0.6 is 0 Å². The van der Waals surface area contributed by atoms with Crippen molar-refractivity contribution in [2.75, 3.05) is 13.2 Å². The third-order valence-corrected chi connectivity index (χ3v) is 7.18. The summed E-state index contributed by atoms with van der Waals surface area (Å²) in [5, 5.41) is 0. The molecule has 0 saturated carbocycles. The Morgan fingerprint density at radius 1 is 1.38 bits per heavy atom. The number of rotatable bonds is 6. The first-order chi connectivity index (χ1) is 16.1. The maximum atomic E-state index is 15.2. The number of hydrogen-bond acceptors (Lipinski definition) is 7. The molecule has 0 radical (unpaired) electrons. The minimum Gasteiger partial charge on any atom is -0.491 e. The quantitative estimate of drug-likeness (QED) is 0.417. The summed E-state index contributed by atoms with van der Waals surface area (Å²) in [7, 11) is -1.33. The molecule has 4 heterocycles. The van der Waals surface area contributed by atoms with E-state index in [1.54, 1.807) is 13.0 Å². The van der Waals surface area contributed by atoms with E-state index in [0.29, 0.717) is 18.8 Å². The van der Waals surface area contributed by atoms with Gasteiger partial charge in [0.05, 0.1) is 6.61 Å². The van der Waals surface area contributed by atoms with Crippen molar-refractivity contribution in [3.63, 3.8) is 0 Å². The largest absolute Gasteiger partial charge is 0.491 e. The van der Waals surface area contributed by atoms with E-state index in [9.17, 15) is 9.59 Å². The lowest BCUT2D eigenvalue weighted by Gasteiger charge is -2.16. The van der Waals surface area contributed by atoms with Gasteiger partial charge in [0.1, 0.15) is 29.7 Å². The van der Waals surface area contributed by atoms with Crippen LogP contribution in [-0.4, -0.2) is 52.4 Å². The molecule has 3 aromatic heterocycles. The average Bonchev–Trinajstić information content (AvgIpc) is 3.02. The third kappa shape index (κ3) is 4.68. The second-order valence-electron chi connectivity index (χ2n) is 9.45. The van der Waals surface area contributed by atoms with Crippen LogP contribution in [0.3, 0.4) is 0 Å². The molecular weight excluding hydrogens is 461 g/mol. The summed E-state index contributed by atoms with van der Waals surface area (Å²) in [6, 6.07) is 3.46. The van der Waals surface area contributed by atoms with Gasteiger partial charge in [-0.3, -0.25) is 9.36 Å². The van der Waals surface area contributed by atoms with Crippen LogP contribution in [0, 0.1) is 5.82 Å². The van der Waals surface area contributed by atoms with Gasteiger partial charge < -0.3 is 19.9 Å². The predicted octanol–water partition coefficient (Wildman–Crippen LogP) is 2.68. The fourth-order valence-electron chi connectivity index (χ4n) is 3.57. The number of imidazole rings is 1. The van der Waals surface area contributed by atoms with E-state index in [4.69, 9.17) is 19.9 Å². The minimum atomic E-state index is -1.33. The van der Waals surface area contributed by atoms with Crippen molar-refractivity contribution < 1.29 is 23.4 Å². The molecular formula is C22H28FN5O5Si. The van der Waals surface area contributed by atoms with Crippen LogP contribution in [0.1, 0.15) is 23.7 Å². The molecule has 1 atom stereocenters. The van der Waals surface area contributed by atoms with Crippen LogP contribution in [0.5, 0.6) is 11.6 Å². The summed E-state index contributed by atoms with van der Waals surface area (Å²) in [6.07, 6.45) is 1.56. The van der Waals surface area contributed by atoms with E-state index in [-0.39, 0.29) is 41.8 Å². The van der Waals surface area contributed by atoms with Gasteiger partial charge in [0, 0.05) is 33.4 Å². The van der Waals surface area contributed by atoms with E-state index >= 15 is 4.39 Å². The van der Waals surface area contributed by atoms with Gasteiger partial charge in [-0.05, 0) is 19.0 Å². The van der Waals surface area contributed by atoms with Crippen molar-refractivity contribution in [3.8, 4) is 17.4 Å². The molecule has 4 rings (SSSR count). The Hall–Kier alpha value is -3.25. The van der Waals surface area contributed by atoms with Gasteiger partial charge in [0.25, 0.3) is 5.91 Å². The van der Waals surface area contributed by atoms with Crippen molar-refractivity contribution in [1.29, 1.82) is 0 Å². The summed E-state index contributed by atoms with van der Waals surface area (Å²) in [4.78, 5) is 33.9. The highest BCUT2D eigenvalue weighted by atomic mass is 28.3. The van der Waals surface area contributed by atoms with Gasteiger partial charge >= 0.3 is 5.69 Å². The molecule has 2 bridgehead atoms. The molecule has 1 amide bonds. The molecule has 34 heavy (non-hydrogen) atoms. The van der Waals surface area contributed by atoms with Crippen LogP contribution in [0.25, 0.3) is 17.0 Å². The zero-order chi connectivity index (χ0) is 24.6. The van der Waals surface area contributed by atoms with E-state index in [0.717, 1.165) is 16.7 Å². The summed E-state index contributed by atoms with van der Waals surface area (Å²) in [5.74, 6) is -1.95. The van der Waals surface area contributed by atoms with E-state index in [1.165, 1.54) is 10.8 Å². The zero-order valence-electron chi connectivity index (χ0n) is 19.6. The lowest BCUT2D eigenvalue weighted by atomic mass is 10.2. The highest BCUT2D eigenvalue weighted by Crippen LogP contribution is 2.30. The smallest absolute Gasteiger partial charge is 0.338 e. The number of nitrogens with two attached hydrogens (primary N) is 1. The molecule has 0 aliphatic carbocycles. The first-order valence-electron chi connectivity index (χ1n) is 11.0. The standard InChI is InChI=1S/C22H28FN5O5Si/c1-13-6-8-32-16-5-7-25-20-17(16)28(22(30)27(20)12-31-9-10-34(2,3)4)19-15(23)11-14(18(24)29)21(26-19)33-13/h5,7,11,13H,6,8-10,12H2,1-4H3,(H2,24,29)/t13-/m1/s1. The SMILES string of the molecule is C[C@@H]1CCOc2ccnc3c2n(c(=O)n3COCC[Si](C)(C)C)-c2nc(c(C(N)=O)cc2F)O1.